The molecule has 132 valence electrons. The van der Waals surface area contributed by atoms with Gasteiger partial charge in [0.2, 0.25) is 0 Å². The normalized spacial score (nSPS) is 26.2. The summed E-state index contributed by atoms with van der Waals surface area (Å²) in [6, 6.07) is 2.40. The van der Waals surface area contributed by atoms with Gasteiger partial charge in [-0.2, -0.15) is 0 Å². The van der Waals surface area contributed by atoms with Crippen LogP contribution in [-0.2, 0) is 16.1 Å². The molecule has 5 nitrogen and oxygen atoms in total. The second-order valence-electron chi connectivity index (χ2n) is 7.47. The third-order valence-corrected chi connectivity index (χ3v) is 5.11. The molecule has 0 bridgehead atoms. The van der Waals surface area contributed by atoms with Crippen molar-refractivity contribution in [2.24, 2.45) is 0 Å². The van der Waals surface area contributed by atoms with Crippen LogP contribution < -0.4 is 0 Å². The molecule has 2 fully saturated rings. The van der Waals surface area contributed by atoms with E-state index in [1.165, 1.54) is 11.1 Å². The Balaban J connectivity index is 1.76. The molecular weight excluding hydrogens is 302 g/mol. The Morgan fingerprint density at radius 1 is 1.29 bits per heavy atom. The maximum atomic E-state index is 13.2. The van der Waals surface area contributed by atoms with Crippen LogP contribution >= 0.6 is 0 Å². The first-order chi connectivity index (χ1) is 11.5. The number of rotatable bonds is 3. The summed E-state index contributed by atoms with van der Waals surface area (Å²) >= 11 is 0. The molecule has 2 aliphatic heterocycles. The molecule has 0 aliphatic carbocycles. The minimum Gasteiger partial charge on any atom is -0.362 e. The standard InChI is InChI=1S/C19H29N3O2/c1-15(2)22-7-5-4-6-19(18(22)23)14-21(8-9-24-19)13-17-10-16(3)11-20-12-17/h10-12,15H,4-9,13-14H2,1-3H3. The second-order valence-corrected chi connectivity index (χ2v) is 7.47. The van der Waals surface area contributed by atoms with Crippen LogP contribution in [0.2, 0.25) is 0 Å². The van der Waals surface area contributed by atoms with Gasteiger partial charge in [0.05, 0.1) is 6.61 Å². The number of hydrogen-bond donors (Lipinski definition) is 0. The molecule has 1 aromatic rings. The number of aryl methyl sites for hydroxylation is 1. The topological polar surface area (TPSA) is 45.7 Å². The summed E-state index contributed by atoms with van der Waals surface area (Å²) in [5, 5.41) is 0. The molecule has 1 spiro atoms. The van der Waals surface area contributed by atoms with E-state index in [1.807, 2.05) is 17.3 Å². The molecule has 1 amide bonds. The Kier molecular flexibility index (Phi) is 5.21. The predicted octanol–water partition coefficient (Wildman–Crippen LogP) is 2.38. The zero-order chi connectivity index (χ0) is 17.2. The third kappa shape index (κ3) is 3.62. The van der Waals surface area contributed by atoms with Crippen LogP contribution in [-0.4, -0.2) is 58.6 Å². The van der Waals surface area contributed by atoms with Crippen LogP contribution in [0.5, 0.6) is 0 Å². The molecule has 1 unspecified atom stereocenters. The summed E-state index contributed by atoms with van der Waals surface area (Å²) in [7, 11) is 0. The second kappa shape index (κ2) is 7.19. The van der Waals surface area contributed by atoms with Gasteiger partial charge in [0.15, 0.2) is 5.60 Å². The van der Waals surface area contributed by atoms with E-state index in [-0.39, 0.29) is 11.9 Å². The van der Waals surface area contributed by atoms with Crippen molar-refractivity contribution in [3.63, 3.8) is 0 Å². The molecule has 3 heterocycles. The van der Waals surface area contributed by atoms with Crippen LogP contribution in [0.1, 0.15) is 44.2 Å². The maximum absolute atomic E-state index is 13.2. The minimum atomic E-state index is -0.656. The summed E-state index contributed by atoms with van der Waals surface area (Å²) in [5.74, 6) is 0.182. The smallest absolute Gasteiger partial charge is 0.256 e. The van der Waals surface area contributed by atoms with Gasteiger partial charge in [0.25, 0.3) is 5.91 Å². The molecule has 1 aromatic heterocycles. The molecule has 3 rings (SSSR count). The fourth-order valence-electron chi connectivity index (χ4n) is 3.89. The third-order valence-electron chi connectivity index (χ3n) is 5.11. The molecule has 0 saturated carbocycles. The SMILES string of the molecule is Cc1cncc(CN2CCOC3(CCCCN(C(C)C)C3=O)C2)c1. The highest BCUT2D eigenvalue weighted by molar-refractivity contribution is 5.86. The molecule has 0 radical (unpaired) electrons. The maximum Gasteiger partial charge on any atom is 0.256 e. The zero-order valence-corrected chi connectivity index (χ0v) is 15.1. The lowest BCUT2D eigenvalue weighted by Crippen LogP contribution is -2.60. The number of carbonyl (C=O) groups is 1. The summed E-state index contributed by atoms with van der Waals surface area (Å²) in [6.07, 6.45) is 6.74. The number of likely N-dealkylation sites (tertiary alicyclic amines) is 1. The monoisotopic (exact) mass is 331 g/mol. The Bertz CT molecular complexity index is 590. The van der Waals surface area contributed by atoms with E-state index >= 15 is 0 Å². The van der Waals surface area contributed by atoms with Crippen molar-refractivity contribution in [1.82, 2.24) is 14.8 Å². The van der Waals surface area contributed by atoms with Crippen LogP contribution in [0.15, 0.2) is 18.5 Å². The van der Waals surface area contributed by atoms with Crippen LogP contribution in [0.3, 0.4) is 0 Å². The van der Waals surface area contributed by atoms with Crippen molar-refractivity contribution < 1.29 is 9.53 Å². The number of hydrogen-bond acceptors (Lipinski definition) is 4. The van der Waals surface area contributed by atoms with Gasteiger partial charge in [-0.1, -0.05) is 6.07 Å². The number of carbonyl (C=O) groups excluding carboxylic acids is 1. The van der Waals surface area contributed by atoms with Gasteiger partial charge >= 0.3 is 0 Å². The zero-order valence-electron chi connectivity index (χ0n) is 15.1. The van der Waals surface area contributed by atoms with Crippen LogP contribution in [0, 0.1) is 6.92 Å². The van der Waals surface area contributed by atoms with Gasteiger partial charge < -0.3 is 9.64 Å². The molecule has 2 aliphatic rings. The van der Waals surface area contributed by atoms with Crippen molar-refractivity contribution in [2.75, 3.05) is 26.2 Å². The molecule has 5 heteroatoms. The van der Waals surface area contributed by atoms with E-state index in [2.05, 4.69) is 36.7 Å². The fraction of sp³-hybridized carbons (Fsp3) is 0.684. The number of ether oxygens (including phenoxy) is 1. The Morgan fingerprint density at radius 2 is 2.12 bits per heavy atom. The number of pyridine rings is 1. The van der Waals surface area contributed by atoms with Gasteiger partial charge in [-0.05, 0) is 51.2 Å². The van der Waals surface area contributed by atoms with Crippen molar-refractivity contribution in [1.29, 1.82) is 0 Å². The van der Waals surface area contributed by atoms with Gasteiger partial charge in [-0.15, -0.1) is 0 Å². The molecule has 0 aromatic carbocycles. The Hall–Kier alpha value is -1.46. The van der Waals surface area contributed by atoms with E-state index in [4.69, 9.17) is 4.74 Å². The molecule has 24 heavy (non-hydrogen) atoms. The fourth-order valence-corrected chi connectivity index (χ4v) is 3.89. The number of nitrogens with zero attached hydrogens (tertiary/aromatic N) is 3. The molecule has 0 N–H and O–H groups in total. The van der Waals surface area contributed by atoms with Gasteiger partial charge in [0.1, 0.15) is 0 Å². The highest BCUT2D eigenvalue weighted by atomic mass is 16.5. The predicted molar refractivity (Wildman–Crippen MR) is 93.6 cm³/mol. The summed E-state index contributed by atoms with van der Waals surface area (Å²) in [6.45, 7) is 10.1. The summed E-state index contributed by atoms with van der Waals surface area (Å²) in [5.41, 5.74) is 1.72. The first-order valence-corrected chi connectivity index (χ1v) is 9.08. The van der Waals surface area contributed by atoms with Gasteiger partial charge in [-0.25, -0.2) is 0 Å². The van der Waals surface area contributed by atoms with Crippen molar-refractivity contribution in [2.45, 2.75) is 58.2 Å². The average Bonchev–Trinajstić information content (AvgIpc) is 2.68. The first-order valence-electron chi connectivity index (χ1n) is 9.08. The van der Waals surface area contributed by atoms with E-state index in [0.29, 0.717) is 13.2 Å². The quantitative estimate of drug-likeness (QED) is 0.853. The highest BCUT2D eigenvalue weighted by Crippen LogP contribution is 2.31. The van der Waals surface area contributed by atoms with Crippen molar-refractivity contribution >= 4 is 5.91 Å². The van der Waals surface area contributed by atoms with Crippen LogP contribution in [0.25, 0.3) is 0 Å². The highest BCUT2D eigenvalue weighted by Gasteiger charge is 2.47. The Labute approximate surface area is 145 Å². The van der Waals surface area contributed by atoms with E-state index in [9.17, 15) is 4.79 Å². The van der Waals surface area contributed by atoms with E-state index in [1.54, 1.807) is 0 Å². The molecule has 2 saturated heterocycles. The van der Waals surface area contributed by atoms with Crippen molar-refractivity contribution in [3.8, 4) is 0 Å². The summed E-state index contributed by atoms with van der Waals surface area (Å²) < 4.78 is 6.12. The lowest BCUT2D eigenvalue weighted by Gasteiger charge is -2.43. The van der Waals surface area contributed by atoms with E-state index in [0.717, 1.165) is 38.9 Å². The number of morpholine rings is 1. The number of amides is 1. The van der Waals surface area contributed by atoms with Crippen molar-refractivity contribution in [3.05, 3.63) is 29.6 Å². The minimum absolute atomic E-state index is 0.182. The largest absolute Gasteiger partial charge is 0.362 e. The number of aromatic nitrogens is 1. The van der Waals surface area contributed by atoms with Crippen LogP contribution in [0.4, 0.5) is 0 Å². The lowest BCUT2D eigenvalue weighted by atomic mass is 9.93. The Morgan fingerprint density at radius 3 is 2.88 bits per heavy atom. The molecular formula is C19H29N3O2. The van der Waals surface area contributed by atoms with E-state index < -0.39 is 5.60 Å². The lowest BCUT2D eigenvalue weighted by molar-refractivity contribution is -0.172. The van der Waals surface area contributed by atoms with Gasteiger partial charge in [-0.3, -0.25) is 14.7 Å². The molecule has 1 atom stereocenters. The average molecular weight is 331 g/mol. The van der Waals surface area contributed by atoms with Gasteiger partial charge in [0, 0.05) is 44.6 Å². The summed E-state index contributed by atoms with van der Waals surface area (Å²) in [4.78, 5) is 21.8. The first kappa shape index (κ1) is 17.4.